The molecule has 0 amide bonds. The lowest BCUT2D eigenvalue weighted by atomic mass is 10.2. The van der Waals surface area contributed by atoms with Crippen LogP contribution in [-0.4, -0.2) is 20.8 Å². The fourth-order valence-electron chi connectivity index (χ4n) is 2.67. The molecule has 6 nitrogen and oxygen atoms in total. The maximum Gasteiger partial charge on any atom is 0.417 e. The first-order valence-electron chi connectivity index (χ1n) is 13.3. The van der Waals surface area contributed by atoms with Crippen molar-refractivity contribution in [3.63, 3.8) is 0 Å². The molecular formula is C29H44Cl2F3N3O3. The first kappa shape index (κ1) is 39.6. The van der Waals surface area contributed by atoms with Crippen LogP contribution < -0.4 is 16.0 Å². The van der Waals surface area contributed by atoms with Crippen molar-refractivity contribution in [3.8, 4) is 5.75 Å². The van der Waals surface area contributed by atoms with Gasteiger partial charge in [-0.1, -0.05) is 71.7 Å². The molecule has 1 atom stereocenters. The Morgan fingerprint density at radius 2 is 1.70 bits per heavy atom. The second-order valence-electron chi connectivity index (χ2n) is 8.53. The van der Waals surface area contributed by atoms with E-state index in [2.05, 4.69) is 29.9 Å². The first-order chi connectivity index (χ1) is 18.6. The molecule has 2 aromatic rings. The lowest BCUT2D eigenvalue weighted by molar-refractivity contribution is -0.137. The summed E-state index contributed by atoms with van der Waals surface area (Å²) in [7, 11) is 1.41. The number of hydrogen-bond donors (Lipinski definition) is 1. The molecule has 0 saturated heterocycles. The van der Waals surface area contributed by atoms with Crippen LogP contribution in [0.15, 0.2) is 44.4 Å². The summed E-state index contributed by atoms with van der Waals surface area (Å²) in [6.45, 7) is 19.2. The Bertz CT molecular complexity index is 1180. The second-order valence-corrected chi connectivity index (χ2v) is 9.69. The largest absolute Gasteiger partial charge is 0.443 e. The Kier molecular flexibility index (Phi) is 19.4. The van der Waals surface area contributed by atoms with Crippen molar-refractivity contribution < 1.29 is 17.9 Å². The summed E-state index contributed by atoms with van der Waals surface area (Å²) in [6.07, 6.45) is -0.290. The monoisotopic (exact) mass is 609 g/mol. The highest BCUT2D eigenvalue weighted by Gasteiger charge is 2.33. The number of alkyl halides is 4. The maximum atomic E-state index is 13.0. The normalized spacial score (nSPS) is 12.3. The van der Waals surface area contributed by atoms with Crippen LogP contribution in [0, 0.1) is 12.8 Å². The van der Waals surface area contributed by atoms with Gasteiger partial charge in [0.25, 0.3) is 5.56 Å². The molecule has 0 radical (unpaired) electrons. The van der Waals surface area contributed by atoms with Gasteiger partial charge in [0.15, 0.2) is 5.90 Å². The molecule has 1 aromatic carbocycles. The van der Waals surface area contributed by atoms with Crippen molar-refractivity contribution in [2.24, 2.45) is 18.0 Å². The minimum atomic E-state index is -4.64. The van der Waals surface area contributed by atoms with Gasteiger partial charge in [0.2, 0.25) is 0 Å². The average Bonchev–Trinajstić information content (AvgIpc) is 2.90. The summed E-state index contributed by atoms with van der Waals surface area (Å²) in [4.78, 5) is 29.9. The topological polar surface area (TPSA) is 76.5 Å². The van der Waals surface area contributed by atoms with E-state index in [4.69, 9.17) is 27.9 Å². The molecule has 0 bridgehead atoms. The summed E-state index contributed by atoms with van der Waals surface area (Å²) in [5.74, 6) is -0.373. The molecule has 40 heavy (non-hydrogen) atoms. The standard InChI is InChI=1S/C17H17ClF3N3O3.C8H15Cl.2C2H6/c1-8(2)15(22-13-9(3)14(25)23-16(26)24(13)4)27-10-5-6-12(18)11(7-10)17(19,20)21;1-4-7(2)5-6-8(3)9;2*1-2/h5-8H,1-4H3,(H,23,25,26);5,8H,4,6H2,1-3H3;2*1-2H3/b22-15+;7-5+;;. The third kappa shape index (κ3) is 13.7. The Morgan fingerprint density at radius 1 is 1.15 bits per heavy atom. The number of nitrogens with zero attached hydrogens (tertiary/aromatic N) is 2. The number of nitrogens with one attached hydrogen (secondary N) is 1. The van der Waals surface area contributed by atoms with Crippen LogP contribution in [0.3, 0.4) is 0 Å². The number of allylic oxidation sites excluding steroid dienone is 2. The highest BCUT2D eigenvalue weighted by atomic mass is 35.5. The van der Waals surface area contributed by atoms with Gasteiger partial charge in [-0.25, -0.2) is 4.79 Å². The predicted octanol–water partition coefficient (Wildman–Crippen LogP) is 9.23. The van der Waals surface area contributed by atoms with Crippen molar-refractivity contribution in [1.29, 1.82) is 0 Å². The van der Waals surface area contributed by atoms with Crippen molar-refractivity contribution in [1.82, 2.24) is 9.55 Å². The van der Waals surface area contributed by atoms with Crippen LogP contribution in [0.1, 0.15) is 86.3 Å². The quantitative estimate of drug-likeness (QED) is 0.153. The zero-order valence-corrected chi connectivity index (χ0v) is 26.9. The Labute approximate surface area is 246 Å². The van der Waals surface area contributed by atoms with Crippen LogP contribution in [0.5, 0.6) is 5.75 Å². The lowest BCUT2D eigenvalue weighted by Gasteiger charge is -2.16. The number of rotatable bonds is 6. The molecule has 0 fully saturated rings. The third-order valence-electron chi connectivity index (χ3n) is 5.04. The van der Waals surface area contributed by atoms with E-state index < -0.39 is 28.0 Å². The van der Waals surface area contributed by atoms with E-state index >= 15 is 0 Å². The Balaban J connectivity index is 0. The van der Waals surface area contributed by atoms with Crippen LogP contribution in [0.2, 0.25) is 5.02 Å². The Hall–Kier alpha value is -2.52. The first-order valence-corrected chi connectivity index (χ1v) is 14.1. The third-order valence-corrected chi connectivity index (χ3v) is 5.55. The molecule has 0 aliphatic heterocycles. The SMILES string of the molecule is CC.CC.CC/C(C)=C/CC(C)Cl.Cc1c(/N=C(/Oc2ccc(Cl)c(C(F)(F)F)c2)C(C)C)n(C)c(=O)[nH]c1=O. The molecule has 228 valence electrons. The van der Waals surface area contributed by atoms with Gasteiger partial charge in [-0.15, -0.1) is 11.6 Å². The summed E-state index contributed by atoms with van der Waals surface area (Å²) in [6, 6.07) is 3.12. The molecule has 0 aliphatic carbocycles. The highest BCUT2D eigenvalue weighted by molar-refractivity contribution is 6.31. The minimum Gasteiger partial charge on any atom is -0.443 e. The number of H-pyrrole nitrogens is 1. The van der Waals surface area contributed by atoms with Crippen LogP contribution in [-0.2, 0) is 13.2 Å². The number of aliphatic imine (C=N–C) groups is 1. The van der Waals surface area contributed by atoms with E-state index in [1.165, 1.54) is 25.6 Å². The van der Waals surface area contributed by atoms with Gasteiger partial charge < -0.3 is 4.74 Å². The van der Waals surface area contributed by atoms with Gasteiger partial charge in [0, 0.05) is 18.3 Å². The van der Waals surface area contributed by atoms with Crippen molar-refractivity contribution >= 4 is 34.9 Å². The Morgan fingerprint density at radius 3 is 2.15 bits per heavy atom. The fourth-order valence-corrected chi connectivity index (χ4v) is 2.98. The van der Waals surface area contributed by atoms with Crippen LogP contribution in [0.25, 0.3) is 0 Å². The van der Waals surface area contributed by atoms with E-state index in [-0.39, 0.29) is 34.3 Å². The molecule has 2 rings (SSSR count). The van der Waals surface area contributed by atoms with Gasteiger partial charge in [-0.05, 0) is 51.8 Å². The summed E-state index contributed by atoms with van der Waals surface area (Å²) < 4.78 is 45.7. The zero-order valence-electron chi connectivity index (χ0n) is 25.4. The summed E-state index contributed by atoms with van der Waals surface area (Å²) in [5.41, 5.74) is -0.706. The molecular weight excluding hydrogens is 566 g/mol. The lowest BCUT2D eigenvalue weighted by Crippen LogP contribution is -2.30. The molecule has 1 heterocycles. The number of hydrogen-bond acceptors (Lipinski definition) is 4. The predicted molar refractivity (Wildman–Crippen MR) is 163 cm³/mol. The molecule has 0 spiro atoms. The fraction of sp³-hybridized carbons (Fsp3) is 0.552. The van der Waals surface area contributed by atoms with E-state index in [1.807, 2.05) is 34.6 Å². The molecule has 0 aliphatic rings. The van der Waals surface area contributed by atoms with E-state index in [1.54, 1.807) is 13.8 Å². The van der Waals surface area contributed by atoms with Crippen LogP contribution in [0.4, 0.5) is 19.0 Å². The molecule has 1 unspecified atom stereocenters. The van der Waals surface area contributed by atoms with Gasteiger partial charge in [0.05, 0.1) is 16.1 Å². The molecule has 0 saturated carbocycles. The smallest absolute Gasteiger partial charge is 0.417 e. The highest BCUT2D eigenvalue weighted by Crippen LogP contribution is 2.37. The summed E-state index contributed by atoms with van der Waals surface area (Å²) in [5, 5.41) is -0.169. The molecule has 1 aromatic heterocycles. The van der Waals surface area contributed by atoms with Crippen molar-refractivity contribution in [2.45, 2.75) is 93.6 Å². The number of benzene rings is 1. The number of halogens is 5. The minimum absolute atomic E-state index is 0.0362. The zero-order chi connectivity index (χ0) is 31.8. The van der Waals surface area contributed by atoms with Gasteiger partial charge in [-0.3, -0.25) is 14.3 Å². The van der Waals surface area contributed by atoms with Gasteiger partial charge in [0.1, 0.15) is 11.6 Å². The van der Waals surface area contributed by atoms with E-state index in [0.29, 0.717) is 0 Å². The average molecular weight is 611 g/mol. The van der Waals surface area contributed by atoms with Gasteiger partial charge in [-0.2, -0.15) is 18.2 Å². The van der Waals surface area contributed by atoms with Crippen LogP contribution >= 0.6 is 23.2 Å². The van der Waals surface area contributed by atoms with Crippen molar-refractivity contribution in [2.75, 3.05) is 0 Å². The second kappa shape index (κ2) is 19.5. The molecule has 11 heteroatoms. The van der Waals surface area contributed by atoms with Gasteiger partial charge >= 0.3 is 11.9 Å². The van der Waals surface area contributed by atoms with E-state index in [9.17, 15) is 22.8 Å². The van der Waals surface area contributed by atoms with E-state index in [0.717, 1.165) is 29.5 Å². The molecule has 1 N–H and O–H groups in total. The summed E-state index contributed by atoms with van der Waals surface area (Å²) >= 11 is 11.3. The number of aromatic amines is 1. The van der Waals surface area contributed by atoms with Crippen molar-refractivity contribution in [3.05, 3.63) is 66.8 Å². The number of aromatic nitrogens is 2. The maximum absolute atomic E-state index is 13.0. The number of ether oxygens (including phenoxy) is 1.